The number of amides is 1. The summed E-state index contributed by atoms with van der Waals surface area (Å²) in [6, 6.07) is 8.22. The van der Waals surface area contributed by atoms with Gasteiger partial charge in [0, 0.05) is 37.9 Å². The lowest BCUT2D eigenvalue weighted by Crippen LogP contribution is -2.34. The zero-order valence-electron chi connectivity index (χ0n) is 14.0. The van der Waals surface area contributed by atoms with Gasteiger partial charge in [0.05, 0.1) is 12.2 Å². The van der Waals surface area contributed by atoms with Crippen LogP contribution >= 0.6 is 0 Å². The van der Waals surface area contributed by atoms with Gasteiger partial charge in [0.2, 0.25) is 0 Å². The smallest absolute Gasteiger partial charge is 0.259 e. The molecule has 4 heterocycles. The van der Waals surface area contributed by atoms with Crippen molar-refractivity contribution in [1.29, 1.82) is 0 Å². The molecule has 1 amide bonds. The summed E-state index contributed by atoms with van der Waals surface area (Å²) in [5.74, 6) is 0.293. The fourth-order valence-electron chi connectivity index (χ4n) is 4.38. The number of nitrogens with zero attached hydrogens (tertiary/aromatic N) is 4. The maximum absolute atomic E-state index is 13.8. The number of nitrogens with one attached hydrogen (secondary N) is 1. The van der Waals surface area contributed by atoms with Crippen LogP contribution in [-0.2, 0) is 0 Å². The number of hydrogen-bond donors (Lipinski definition) is 1. The van der Waals surface area contributed by atoms with Gasteiger partial charge in [0.15, 0.2) is 5.65 Å². The molecule has 26 heavy (non-hydrogen) atoms. The molecular formula is C19H18FN5O. The minimum Gasteiger partial charge on any atom is -0.331 e. The van der Waals surface area contributed by atoms with Crippen LogP contribution in [0.2, 0.25) is 0 Å². The molecule has 0 spiro atoms. The highest BCUT2D eigenvalue weighted by atomic mass is 19.1. The maximum atomic E-state index is 13.8. The van der Waals surface area contributed by atoms with Gasteiger partial charge in [-0.15, -0.1) is 0 Å². The van der Waals surface area contributed by atoms with Crippen LogP contribution in [0.4, 0.5) is 4.39 Å². The van der Waals surface area contributed by atoms with E-state index in [9.17, 15) is 9.18 Å². The third kappa shape index (κ3) is 2.31. The largest absolute Gasteiger partial charge is 0.331 e. The highest BCUT2D eigenvalue weighted by Crippen LogP contribution is 2.43. The van der Waals surface area contributed by atoms with Crippen molar-refractivity contribution < 1.29 is 9.18 Å². The number of carbonyl (C=O) groups excluding carboxylic acids is 1. The number of aromatic nitrogens is 3. The van der Waals surface area contributed by atoms with Gasteiger partial charge in [0.25, 0.3) is 5.91 Å². The van der Waals surface area contributed by atoms with Crippen LogP contribution in [0.15, 0.2) is 48.9 Å². The van der Waals surface area contributed by atoms with Crippen LogP contribution in [0.5, 0.6) is 0 Å². The molecule has 0 bridgehead atoms. The Kier molecular flexibility index (Phi) is 3.49. The van der Waals surface area contributed by atoms with Crippen LogP contribution in [0.3, 0.4) is 0 Å². The van der Waals surface area contributed by atoms with Crippen molar-refractivity contribution in [3.63, 3.8) is 0 Å². The van der Waals surface area contributed by atoms with Crippen molar-refractivity contribution in [2.45, 2.75) is 6.04 Å². The van der Waals surface area contributed by atoms with E-state index in [4.69, 9.17) is 0 Å². The molecule has 5 rings (SSSR count). The molecule has 6 nitrogen and oxygen atoms in total. The highest BCUT2D eigenvalue weighted by Gasteiger charge is 2.47. The molecule has 2 saturated heterocycles. The molecule has 3 atom stereocenters. The van der Waals surface area contributed by atoms with Crippen LogP contribution in [-0.4, -0.2) is 45.0 Å². The van der Waals surface area contributed by atoms with Crippen molar-refractivity contribution in [3.05, 3.63) is 65.9 Å². The Morgan fingerprint density at radius 3 is 3.08 bits per heavy atom. The average Bonchev–Trinajstić information content (AvgIpc) is 3.34. The zero-order valence-corrected chi connectivity index (χ0v) is 14.0. The number of likely N-dealkylation sites (tertiary alicyclic amines) is 1. The zero-order chi connectivity index (χ0) is 17.7. The minimum atomic E-state index is -0.276. The van der Waals surface area contributed by atoms with Gasteiger partial charge in [-0.3, -0.25) is 4.79 Å². The summed E-state index contributed by atoms with van der Waals surface area (Å²) in [4.78, 5) is 19.5. The number of hydrogen-bond acceptors (Lipinski definition) is 4. The van der Waals surface area contributed by atoms with Gasteiger partial charge in [0.1, 0.15) is 11.4 Å². The highest BCUT2D eigenvalue weighted by molar-refractivity contribution is 6.00. The third-order valence-corrected chi connectivity index (χ3v) is 5.53. The number of carbonyl (C=O) groups is 1. The summed E-state index contributed by atoms with van der Waals surface area (Å²) >= 11 is 0. The van der Waals surface area contributed by atoms with Crippen molar-refractivity contribution in [1.82, 2.24) is 24.8 Å². The van der Waals surface area contributed by atoms with Gasteiger partial charge in [-0.05, 0) is 29.7 Å². The second-order valence-corrected chi connectivity index (χ2v) is 6.99. The Balaban J connectivity index is 1.57. The molecule has 132 valence electrons. The van der Waals surface area contributed by atoms with Gasteiger partial charge in [-0.1, -0.05) is 12.1 Å². The van der Waals surface area contributed by atoms with Crippen molar-refractivity contribution in [2.24, 2.45) is 11.8 Å². The van der Waals surface area contributed by atoms with Gasteiger partial charge in [-0.2, -0.15) is 5.10 Å². The molecular weight excluding hydrogens is 333 g/mol. The Morgan fingerprint density at radius 2 is 2.19 bits per heavy atom. The van der Waals surface area contributed by atoms with Crippen LogP contribution in [0, 0.1) is 17.7 Å². The van der Waals surface area contributed by atoms with Gasteiger partial charge in [-0.25, -0.2) is 13.9 Å². The van der Waals surface area contributed by atoms with E-state index < -0.39 is 0 Å². The number of rotatable bonds is 2. The van der Waals surface area contributed by atoms with Crippen molar-refractivity contribution in [3.8, 4) is 0 Å². The molecule has 0 saturated carbocycles. The summed E-state index contributed by atoms with van der Waals surface area (Å²) in [5, 5.41) is 7.63. The first-order valence-electron chi connectivity index (χ1n) is 8.78. The van der Waals surface area contributed by atoms with E-state index in [1.54, 1.807) is 41.3 Å². The van der Waals surface area contributed by atoms with Crippen LogP contribution in [0.25, 0.3) is 5.65 Å². The molecule has 7 heteroatoms. The number of fused-ring (bicyclic) bond motifs is 2. The Hall–Kier alpha value is -2.80. The monoisotopic (exact) mass is 351 g/mol. The summed E-state index contributed by atoms with van der Waals surface area (Å²) in [7, 11) is 0. The molecule has 2 aliphatic rings. The topological polar surface area (TPSA) is 62.5 Å². The minimum absolute atomic E-state index is 0.0950. The first kappa shape index (κ1) is 15.5. The van der Waals surface area contributed by atoms with E-state index in [2.05, 4.69) is 15.4 Å². The summed E-state index contributed by atoms with van der Waals surface area (Å²) in [6.07, 6.45) is 4.99. The van der Waals surface area contributed by atoms with E-state index >= 15 is 0 Å². The van der Waals surface area contributed by atoms with Crippen LogP contribution in [0.1, 0.15) is 22.0 Å². The van der Waals surface area contributed by atoms with E-state index in [1.807, 2.05) is 11.0 Å². The predicted molar refractivity (Wildman–Crippen MR) is 93.0 cm³/mol. The molecule has 1 aromatic carbocycles. The molecule has 1 N–H and O–H groups in total. The molecule has 0 unspecified atom stereocenters. The fraction of sp³-hybridized carbons (Fsp3) is 0.316. The van der Waals surface area contributed by atoms with E-state index in [-0.39, 0.29) is 23.7 Å². The molecule has 2 aromatic heterocycles. The third-order valence-electron chi connectivity index (χ3n) is 5.53. The quantitative estimate of drug-likeness (QED) is 0.766. The SMILES string of the molecule is O=C(c1cnn2cccnc12)N1C[C@@H]2CNC[C@@H]2[C@@H]1c1cccc(F)c1. The lowest BCUT2D eigenvalue weighted by atomic mass is 9.89. The van der Waals surface area contributed by atoms with E-state index in [1.165, 1.54) is 6.07 Å². The van der Waals surface area contributed by atoms with Crippen LogP contribution < -0.4 is 5.32 Å². The maximum Gasteiger partial charge on any atom is 0.259 e. The normalized spacial score (nSPS) is 25.0. The van der Waals surface area contributed by atoms with E-state index in [0.717, 1.165) is 18.7 Å². The summed E-state index contributed by atoms with van der Waals surface area (Å²) < 4.78 is 15.4. The van der Waals surface area contributed by atoms with Crippen molar-refractivity contribution in [2.75, 3.05) is 19.6 Å². The van der Waals surface area contributed by atoms with Crippen molar-refractivity contribution >= 4 is 11.6 Å². The first-order chi connectivity index (χ1) is 12.7. The lowest BCUT2D eigenvalue weighted by Gasteiger charge is -2.28. The summed E-state index contributed by atoms with van der Waals surface area (Å²) in [5.41, 5.74) is 1.88. The fourth-order valence-corrected chi connectivity index (χ4v) is 4.38. The number of halogens is 1. The second-order valence-electron chi connectivity index (χ2n) is 6.99. The number of benzene rings is 1. The molecule has 0 radical (unpaired) electrons. The predicted octanol–water partition coefficient (Wildman–Crippen LogP) is 1.90. The molecule has 2 fully saturated rings. The van der Waals surface area contributed by atoms with Gasteiger partial charge >= 0.3 is 0 Å². The Labute approximate surface area is 149 Å². The standard InChI is InChI=1S/C19H18FN5O/c20-14-4-1-3-12(7-14)17-15-9-21-8-13(15)11-24(17)19(26)16-10-23-25-6-2-5-22-18(16)25/h1-7,10,13,15,17,21H,8-9,11H2/t13-,15-,17-/m0/s1. The molecule has 0 aliphatic carbocycles. The first-order valence-corrected chi connectivity index (χ1v) is 8.78. The second kappa shape index (κ2) is 5.88. The molecule has 3 aromatic rings. The van der Waals surface area contributed by atoms with E-state index in [0.29, 0.717) is 23.7 Å². The average molecular weight is 351 g/mol. The van der Waals surface area contributed by atoms with Gasteiger partial charge < -0.3 is 10.2 Å². The Bertz CT molecular complexity index is 987. The Morgan fingerprint density at radius 1 is 1.27 bits per heavy atom. The summed E-state index contributed by atoms with van der Waals surface area (Å²) in [6.45, 7) is 2.37. The molecule has 2 aliphatic heterocycles. The lowest BCUT2D eigenvalue weighted by molar-refractivity contribution is 0.0715.